The van der Waals surface area contributed by atoms with Crippen LogP contribution < -0.4 is 10.1 Å². The van der Waals surface area contributed by atoms with Crippen LogP contribution in [-0.2, 0) is 46.5 Å². The molecule has 3 rings (SSSR count). The fourth-order valence-corrected chi connectivity index (χ4v) is 3.92. The van der Waals surface area contributed by atoms with Crippen LogP contribution in [-0.4, -0.2) is 98.8 Å². The number of imide groups is 1. The topological polar surface area (TPSA) is 209 Å². The summed E-state index contributed by atoms with van der Waals surface area (Å²) in [5, 5.41) is 42.4. The Labute approximate surface area is 235 Å². The second-order valence-electron chi connectivity index (χ2n) is 10.7. The first-order valence-electron chi connectivity index (χ1n) is 12.9. The molecule has 0 radical (unpaired) electrons. The van der Waals surface area contributed by atoms with Crippen LogP contribution in [0.2, 0.25) is 0 Å². The van der Waals surface area contributed by atoms with Crippen molar-refractivity contribution in [1.29, 1.82) is 0 Å². The number of carbonyl (C=O) groups excluding carboxylic acids is 4. The number of aliphatic hydroxyl groups is 3. The van der Waals surface area contributed by atoms with Crippen molar-refractivity contribution in [1.82, 2.24) is 10.2 Å². The quantitative estimate of drug-likeness (QED) is 0.122. The smallest absolute Gasteiger partial charge is 0.335 e. The Morgan fingerprint density at radius 3 is 2.29 bits per heavy atom. The number of benzene rings is 1. The number of esters is 1. The minimum absolute atomic E-state index is 0.0728. The Balaban J connectivity index is 1.68. The van der Waals surface area contributed by atoms with E-state index in [0.29, 0.717) is 24.0 Å². The van der Waals surface area contributed by atoms with Gasteiger partial charge in [0.15, 0.2) is 6.10 Å². The Hall–Kier alpha value is -3.85. The fourth-order valence-electron chi connectivity index (χ4n) is 3.92. The molecule has 5 atom stereocenters. The number of nitrogens with one attached hydrogen (secondary N) is 1. The first-order valence-corrected chi connectivity index (χ1v) is 12.9. The number of ether oxygens (including phenoxy) is 3. The van der Waals surface area contributed by atoms with Gasteiger partial charge in [-0.1, -0.05) is 12.1 Å². The van der Waals surface area contributed by atoms with Crippen molar-refractivity contribution >= 4 is 29.7 Å². The Morgan fingerprint density at radius 2 is 1.68 bits per heavy atom. The number of aliphatic hydroxyl groups excluding tert-OH is 3. The number of nitrogens with zero attached hydrogens (tertiary/aromatic N) is 1. The molecule has 1 unspecified atom stereocenters. The number of aryl methyl sites for hydroxylation is 1. The SMILES string of the molecule is CC(C)(C)C(=O)OCc1ccc(CCCNC(=O)CN2C(=O)C=CC2=O)cc1OC1O[C@H](C(=O)O)[C@@H](O)[C@H](O)[C@H]1O. The van der Waals surface area contributed by atoms with Crippen LogP contribution in [0.4, 0.5) is 0 Å². The number of carboxylic acid groups (broad SMARTS) is 1. The first-order chi connectivity index (χ1) is 19.2. The zero-order valence-electron chi connectivity index (χ0n) is 22.8. The van der Waals surface area contributed by atoms with Crippen molar-refractivity contribution in [2.45, 2.75) is 70.9 Å². The van der Waals surface area contributed by atoms with Gasteiger partial charge in [-0.2, -0.15) is 0 Å². The number of amides is 3. The molecule has 2 heterocycles. The highest BCUT2D eigenvalue weighted by Gasteiger charge is 2.48. The van der Waals surface area contributed by atoms with Crippen molar-refractivity contribution in [3.63, 3.8) is 0 Å². The Morgan fingerprint density at radius 1 is 1.02 bits per heavy atom. The summed E-state index contributed by atoms with van der Waals surface area (Å²) in [6, 6.07) is 4.88. The van der Waals surface area contributed by atoms with E-state index in [9.17, 15) is 44.4 Å². The van der Waals surface area contributed by atoms with Crippen LogP contribution in [0.5, 0.6) is 5.75 Å². The van der Waals surface area contributed by atoms with Crippen LogP contribution in [0.25, 0.3) is 0 Å². The molecular weight excluding hydrogens is 544 g/mol. The molecule has 0 bridgehead atoms. The van der Waals surface area contributed by atoms with Crippen molar-refractivity contribution in [2.75, 3.05) is 13.1 Å². The number of aliphatic carboxylic acids is 1. The first kappa shape index (κ1) is 31.7. The Bertz CT molecular complexity index is 1190. The number of carboxylic acids is 1. The maximum Gasteiger partial charge on any atom is 0.335 e. The van der Waals surface area contributed by atoms with Gasteiger partial charge in [0, 0.05) is 24.3 Å². The average Bonchev–Trinajstić information content (AvgIpc) is 3.21. The van der Waals surface area contributed by atoms with Crippen LogP contribution in [0, 0.1) is 5.41 Å². The predicted molar refractivity (Wildman–Crippen MR) is 138 cm³/mol. The van der Waals surface area contributed by atoms with Gasteiger partial charge in [-0.25, -0.2) is 4.79 Å². The lowest BCUT2D eigenvalue weighted by Gasteiger charge is -2.38. The van der Waals surface area contributed by atoms with Gasteiger partial charge < -0.3 is 40.0 Å². The third kappa shape index (κ3) is 8.10. The van der Waals surface area contributed by atoms with E-state index in [2.05, 4.69) is 5.32 Å². The molecule has 224 valence electrons. The van der Waals surface area contributed by atoms with Gasteiger partial charge in [0.25, 0.3) is 11.8 Å². The molecule has 0 aliphatic carbocycles. The van der Waals surface area contributed by atoms with Crippen LogP contribution in [0.15, 0.2) is 30.4 Å². The molecule has 5 N–H and O–H groups in total. The maximum absolute atomic E-state index is 12.3. The van der Waals surface area contributed by atoms with Gasteiger partial charge >= 0.3 is 11.9 Å². The highest BCUT2D eigenvalue weighted by atomic mass is 16.7. The van der Waals surface area contributed by atoms with Crippen LogP contribution in [0.3, 0.4) is 0 Å². The number of carbonyl (C=O) groups is 5. The van der Waals surface area contributed by atoms with E-state index < -0.39 is 72.3 Å². The van der Waals surface area contributed by atoms with E-state index >= 15 is 0 Å². The van der Waals surface area contributed by atoms with Gasteiger partial charge in [0.05, 0.1) is 5.41 Å². The van der Waals surface area contributed by atoms with Crippen LogP contribution in [0.1, 0.15) is 38.3 Å². The lowest BCUT2D eigenvalue weighted by Crippen LogP contribution is -2.61. The summed E-state index contributed by atoms with van der Waals surface area (Å²) in [6.45, 7) is 4.64. The average molecular weight is 579 g/mol. The van der Waals surface area contributed by atoms with Crippen molar-refractivity contribution in [3.05, 3.63) is 41.5 Å². The van der Waals surface area contributed by atoms with E-state index in [0.717, 1.165) is 17.1 Å². The Kier molecular flexibility index (Phi) is 10.2. The van der Waals surface area contributed by atoms with E-state index in [1.54, 1.807) is 39.0 Å². The minimum atomic E-state index is -1.89. The third-order valence-corrected chi connectivity index (χ3v) is 6.33. The molecule has 0 aromatic heterocycles. The zero-order valence-corrected chi connectivity index (χ0v) is 22.8. The van der Waals surface area contributed by atoms with E-state index in [1.807, 2.05) is 0 Å². The van der Waals surface area contributed by atoms with Gasteiger partial charge in [0.2, 0.25) is 12.2 Å². The third-order valence-electron chi connectivity index (χ3n) is 6.33. The normalized spacial score (nSPS) is 24.3. The summed E-state index contributed by atoms with van der Waals surface area (Å²) < 4.78 is 16.3. The molecular formula is C27H34N2O12. The van der Waals surface area contributed by atoms with E-state index in [-0.39, 0.29) is 18.9 Å². The summed E-state index contributed by atoms with van der Waals surface area (Å²) in [5.41, 5.74) is 0.265. The second kappa shape index (κ2) is 13.2. The standard InChI is InChI=1S/C27H34N2O12/c1-27(2,3)26(38)39-13-15-7-6-14(5-4-10-28-17(30)12-29-18(31)8-9-19(29)32)11-16(15)40-25-22(35)20(33)21(34)23(41-25)24(36)37/h6-9,11,20-23,25,33-35H,4-5,10,12-13H2,1-3H3,(H,28,30)(H,36,37)/t20-,21-,22+,23-,25?/m0/s1. The monoisotopic (exact) mass is 578 g/mol. The van der Waals surface area contributed by atoms with E-state index in [1.165, 1.54) is 0 Å². The highest BCUT2D eigenvalue weighted by molar-refractivity contribution is 6.14. The lowest BCUT2D eigenvalue weighted by molar-refractivity contribution is -0.271. The largest absolute Gasteiger partial charge is 0.479 e. The minimum Gasteiger partial charge on any atom is -0.479 e. The van der Waals surface area contributed by atoms with Crippen molar-refractivity contribution < 1.29 is 58.6 Å². The molecule has 0 saturated carbocycles. The summed E-state index contributed by atoms with van der Waals surface area (Å²) in [7, 11) is 0. The second-order valence-corrected chi connectivity index (χ2v) is 10.7. The molecule has 2 aliphatic heterocycles. The fraction of sp³-hybridized carbons (Fsp3) is 0.519. The van der Waals surface area contributed by atoms with Crippen molar-refractivity contribution in [3.8, 4) is 5.75 Å². The summed E-state index contributed by atoms with van der Waals surface area (Å²) >= 11 is 0. The molecule has 1 saturated heterocycles. The number of hydrogen-bond acceptors (Lipinski definition) is 11. The van der Waals surface area contributed by atoms with Gasteiger partial charge in [0.1, 0.15) is 37.2 Å². The summed E-state index contributed by atoms with van der Waals surface area (Å²) in [5.74, 6) is -3.61. The van der Waals surface area contributed by atoms with Gasteiger partial charge in [-0.3, -0.25) is 24.1 Å². The zero-order chi connectivity index (χ0) is 30.5. The van der Waals surface area contributed by atoms with E-state index in [4.69, 9.17) is 14.2 Å². The molecule has 41 heavy (non-hydrogen) atoms. The van der Waals surface area contributed by atoms with Gasteiger partial charge in [-0.15, -0.1) is 0 Å². The summed E-state index contributed by atoms with van der Waals surface area (Å²) in [4.78, 5) is 59.9. The molecule has 14 nitrogen and oxygen atoms in total. The molecule has 1 aromatic carbocycles. The highest BCUT2D eigenvalue weighted by Crippen LogP contribution is 2.29. The van der Waals surface area contributed by atoms with Crippen LogP contribution >= 0.6 is 0 Å². The molecule has 14 heteroatoms. The number of hydrogen-bond donors (Lipinski definition) is 5. The lowest BCUT2D eigenvalue weighted by atomic mass is 9.97. The van der Waals surface area contributed by atoms with Gasteiger partial charge in [-0.05, 0) is 45.2 Å². The van der Waals surface area contributed by atoms with Crippen molar-refractivity contribution in [2.24, 2.45) is 5.41 Å². The molecule has 3 amide bonds. The molecule has 0 spiro atoms. The molecule has 2 aliphatic rings. The predicted octanol–water partition coefficient (Wildman–Crippen LogP) is -0.979. The number of rotatable bonds is 11. The molecule has 1 aromatic rings. The maximum atomic E-state index is 12.3. The summed E-state index contributed by atoms with van der Waals surface area (Å²) in [6.07, 6.45) is -6.07. The molecule has 1 fully saturated rings.